The standard InChI is InChI=1S/C20H27N3O4S/c1-5-7-10-23-18(25)15-9-8-14(19(26)27-4)11-16(15)22-20(23)28-12-17(24)21-13(3)6-2/h8-9,11,13H,5-7,10,12H2,1-4H3,(H,21,24)/t13-/m1/s1. The molecule has 8 heteroatoms. The highest BCUT2D eigenvalue weighted by molar-refractivity contribution is 7.99. The number of nitrogens with one attached hydrogen (secondary N) is 1. The van der Waals surface area contributed by atoms with Crippen LogP contribution in [0.1, 0.15) is 50.4 Å². The number of ether oxygens (including phenoxy) is 1. The normalized spacial score (nSPS) is 12.0. The van der Waals surface area contributed by atoms with E-state index < -0.39 is 5.97 Å². The van der Waals surface area contributed by atoms with Gasteiger partial charge in [0.05, 0.1) is 29.3 Å². The van der Waals surface area contributed by atoms with Crippen molar-refractivity contribution in [2.45, 2.75) is 57.8 Å². The van der Waals surface area contributed by atoms with E-state index >= 15 is 0 Å². The molecule has 0 aliphatic rings. The molecule has 1 heterocycles. The molecule has 2 rings (SSSR count). The smallest absolute Gasteiger partial charge is 0.337 e. The minimum absolute atomic E-state index is 0.0981. The number of amides is 1. The lowest BCUT2D eigenvalue weighted by molar-refractivity contribution is -0.119. The molecular formula is C20H27N3O4S. The van der Waals surface area contributed by atoms with Crippen LogP contribution in [0.3, 0.4) is 0 Å². The van der Waals surface area contributed by atoms with Gasteiger partial charge in [-0.05, 0) is 38.0 Å². The van der Waals surface area contributed by atoms with E-state index in [-0.39, 0.29) is 23.3 Å². The Balaban J connectivity index is 2.40. The van der Waals surface area contributed by atoms with E-state index in [0.717, 1.165) is 19.3 Å². The average molecular weight is 406 g/mol. The number of rotatable bonds is 9. The van der Waals surface area contributed by atoms with Crippen molar-refractivity contribution in [1.82, 2.24) is 14.9 Å². The molecule has 0 saturated carbocycles. The van der Waals surface area contributed by atoms with Crippen LogP contribution in [-0.4, -0.2) is 40.3 Å². The van der Waals surface area contributed by atoms with Gasteiger partial charge in [0.1, 0.15) is 0 Å². The fourth-order valence-corrected chi connectivity index (χ4v) is 3.45. The number of hydrogen-bond donors (Lipinski definition) is 1. The van der Waals surface area contributed by atoms with Crippen LogP contribution in [0.15, 0.2) is 28.2 Å². The van der Waals surface area contributed by atoms with E-state index in [1.165, 1.54) is 18.9 Å². The highest BCUT2D eigenvalue weighted by atomic mass is 32.2. The third kappa shape index (κ3) is 5.34. The van der Waals surface area contributed by atoms with E-state index in [9.17, 15) is 14.4 Å². The van der Waals surface area contributed by atoms with E-state index in [1.807, 2.05) is 13.8 Å². The lowest BCUT2D eigenvalue weighted by Gasteiger charge is -2.14. The first-order valence-corrected chi connectivity index (χ1v) is 10.4. The quantitative estimate of drug-likeness (QED) is 0.392. The first kappa shape index (κ1) is 21.9. The van der Waals surface area contributed by atoms with Gasteiger partial charge >= 0.3 is 5.97 Å². The molecule has 152 valence electrons. The number of benzene rings is 1. The van der Waals surface area contributed by atoms with Crippen molar-refractivity contribution in [3.8, 4) is 0 Å². The van der Waals surface area contributed by atoms with Crippen molar-refractivity contribution in [2.75, 3.05) is 12.9 Å². The van der Waals surface area contributed by atoms with Gasteiger partial charge in [0.15, 0.2) is 5.16 Å². The monoisotopic (exact) mass is 405 g/mol. The molecule has 0 fully saturated rings. The van der Waals surface area contributed by atoms with Crippen LogP contribution in [0.5, 0.6) is 0 Å². The third-order valence-electron chi connectivity index (χ3n) is 4.43. The fraction of sp³-hybridized carbons (Fsp3) is 0.500. The Kier molecular flexibility index (Phi) is 8.04. The molecule has 0 aliphatic carbocycles. The summed E-state index contributed by atoms with van der Waals surface area (Å²) in [5, 5.41) is 3.83. The lowest BCUT2D eigenvalue weighted by atomic mass is 10.1. The Morgan fingerprint density at radius 2 is 2.07 bits per heavy atom. The number of carbonyl (C=O) groups excluding carboxylic acids is 2. The summed E-state index contributed by atoms with van der Waals surface area (Å²) < 4.78 is 6.36. The lowest BCUT2D eigenvalue weighted by Crippen LogP contribution is -2.33. The molecule has 28 heavy (non-hydrogen) atoms. The number of unbranched alkanes of at least 4 members (excludes halogenated alkanes) is 1. The van der Waals surface area contributed by atoms with Crippen LogP contribution < -0.4 is 10.9 Å². The first-order valence-electron chi connectivity index (χ1n) is 9.46. The minimum atomic E-state index is -0.485. The van der Waals surface area contributed by atoms with E-state index in [2.05, 4.69) is 17.2 Å². The molecule has 1 N–H and O–H groups in total. The second-order valence-electron chi connectivity index (χ2n) is 6.59. The molecule has 0 bridgehead atoms. The van der Waals surface area contributed by atoms with Crippen LogP contribution >= 0.6 is 11.8 Å². The van der Waals surface area contributed by atoms with Gasteiger partial charge in [-0.3, -0.25) is 14.2 Å². The van der Waals surface area contributed by atoms with Crippen molar-refractivity contribution in [3.63, 3.8) is 0 Å². The number of thioether (sulfide) groups is 1. The van der Waals surface area contributed by atoms with Gasteiger partial charge in [-0.15, -0.1) is 0 Å². The topological polar surface area (TPSA) is 90.3 Å². The third-order valence-corrected chi connectivity index (χ3v) is 5.41. The van der Waals surface area contributed by atoms with Gasteiger partial charge in [0.25, 0.3) is 5.56 Å². The molecule has 7 nitrogen and oxygen atoms in total. The fourth-order valence-electron chi connectivity index (χ4n) is 2.62. The zero-order chi connectivity index (χ0) is 20.7. The highest BCUT2D eigenvalue weighted by Crippen LogP contribution is 2.20. The molecule has 1 amide bonds. The van der Waals surface area contributed by atoms with Crippen molar-refractivity contribution in [2.24, 2.45) is 0 Å². The highest BCUT2D eigenvalue weighted by Gasteiger charge is 2.15. The Bertz CT molecular complexity index is 910. The summed E-state index contributed by atoms with van der Waals surface area (Å²) in [4.78, 5) is 41.5. The number of nitrogens with zero attached hydrogens (tertiary/aromatic N) is 2. The maximum absolute atomic E-state index is 13.0. The summed E-state index contributed by atoms with van der Waals surface area (Å²) >= 11 is 1.23. The number of hydrogen-bond acceptors (Lipinski definition) is 6. The first-order chi connectivity index (χ1) is 13.4. The summed E-state index contributed by atoms with van der Waals surface area (Å²) in [5.74, 6) is -0.412. The van der Waals surface area contributed by atoms with Gasteiger partial charge in [-0.25, -0.2) is 9.78 Å². The Morgan fingerprint density at radius 3 is 2.71 bits per heavy atom. The van der Waals surface area contributed by atoms with Crippen molar-refractivity contribution in [1.29, 1.82) is 0 Å². The zero-order valence-corrected chi connectivity index (χ0v) is 17.6. The van der Waals surface area contributed by atoms with E-state index in [4.69, 9.17) is 4.74 Å². The number of fused-ring (bicyclic) bond motifs is 1. The maximum atomic E-state index is 13.0. The van der Waals surface area contributed by atoms with Crippen molar-refractivity contribution in [3.05, 3.63) is 34.1 Å². The number of aromatic nitrogens is 2. The van der Waals surface area contributed by atoms with Gasteiger partial charge in [0, 0.05) is 12.6 Å². The number of carbonyl (C=O) groups is 2. The molecule has 0 unspecified atom stereocenters. The zero-order valence-electron chi connectivity index (χ0n) is 16.8. The summed E-state index contributed by atoms with van der Waals surface area (Å²) in [6.07, 6.45) is 2.62. The largest absolute Gasteiger partial charge is 0.465 e. The Labute approximate surface area is 168 Å². The molecule has 1 aromatic heterocycles. The van der Waals surface area contributed by atoms with Crippen molar-refractivity contribution < 1.29 is 14.3 Å². The Hall–Kier alpha value is -2.35. The second kappa shape index (κ2) is 10.3. The second-order valence-corrected chi connectivity index (χ2v) is 7.54. The van der Waals surface area contributed by atoms with Crippen LogP contribution in [0.2, 0.25) is 0 Å². The van der Waals surface area contributed by atoms with Crippen LogP contribution in [0.25, 0.3) is 10.9 Å². The van der Waals surface area contributed by atoms with Crippen LogP contribution in [0.4, 0.5) is 0 Å². The van der Waals surface area contributed by atoms with Gasteiger partial charge in [-0.2, -0.15) is 0 Å². The van der Waals surface area contributed by atoms with Crippen LogP contribution in [-0.2, 0) is 16.1 Å². The summed E-state index contributed by atoms with van der Waals surface area (Å²) in [6, 6.07) is 4.82. The maximum Gasteiger partial charge on any atom is 0.337 e. The molecule has 2 aromatic rings. The Morgan fingerprint density at radius 1 is 1.32 bits per heavy atom. The predicted molar refractivity (Wildman–Crippen MR) is 111 cm³/mol. The number of methoxy groups -OCH3 is 1. The van der Waals surface area contributed by atoms with E-state index in [0.29, 0.717) is 28.2 Å². The van der Waals surface area contributed by atoms with Crippen molar-refractivity contribution >= 4 is 34.5 Å². The molecule has 0 aliphatic heterocycles. The predicted octanol–water partition coefficient (Wildman–Crippen LogP) is 2.99. The molecule has 1 aromatic carbocycles. The minimum Gasteiger partial charge on any atom is -0.465 e. The average Bonchev–Trinajstić information content (AvgIpc) is 2.70. The molecule has 1 atom stereocenters. The summed E-state index contributed by atoms with van der Waals surface area (Å²) in [7, 11) is 1.31. The van der Waals surface area contributed by atoms with Gasteiger partial charge < -0.3 is 10.1 Å². The van der Waals surface area contributed by atoms with E-state index in [1.54, 1.807) is 22.8 Å². The SMILES string of the molecule is CCCCn1c(SCC(=O)N[C@H](C)CC)nc2cc(C(=O)OC)ccc2c1=O. The summed E-state index contributed by atoms with van der Waals surface area (Å²) in [6.45, 7) is 6.54. The van der Waals surface area contributed by atoms with Gasteiger partial charge in [0.2, 0.25) is 5.91 Å². The van der Waals surface area contributed by atoms with Crippen LogP contribution in [0, 0.1) is 0 Å². The van der Waals surface area contributed by atoms with Gasteiger partial charge in [-0.1, -0.05) is 32.0 Å². The number of esters is 1. The molecule has 0 saturated heterocycles. The molecular weight excluding hydrogens is 378 g/mol. The molecule has 0 spiro atoms. The summed E-state index contributed by atoms with van der Waals surface area (Å²) in [5.41, 5.74) is 0.587. The molecule has 0 radical (unpaired) electrons.